The van der Waals surface area contributed by atoms with Crippen LogP contribution in [0.5, 0.6) is 5.75 Å². The highest BCUT2D eigenvalue weighted by Gasteiger charge is 2.24. The predicted octanol–water partition coefficient (Wildman–Crippen LogP) is 8.72. The number of rotatable bonds is 20. The Balaban J connectivity index is 1.76. The average molecular weight is 525 g/mol. The molecule has 0 bridgehead atoms. The monoisotopic (exact) mass is 524 g/mol. The highest BCUT2D eigenvalue weighted by molar-refractivity contribution is 5.72. The van der Waals surface area contributed by atoms with Crippen molar-refractivity contribution in [3.8, 4) is 5.75 Å². The molecular weight excluding hydrogens is 470 g/mol. The number of carbonyl (C=O) groups excluding carboxylic acids is 1. The molecule has 0 aliphatic heterocycles. The maximum atomic E-state index is 12.9. The van der Waals surface area contributed by atoms with Crippen molar-refractivity contribution in [1.82, 2.24) is 0 Å². The number of carbonyl (C=O) groups is 1. The largest absolute Gasteiger partial charge is 0.455 e. The number of benzene rings is 2. The van der Waals surface area contributed by atoms with Crippen molar-refractivity contribution in [3.05, 3.63) is 65.7 Å². The lowest BCUT2D eigenvalue weighted by molar-refractivity contribution is -0.904. The van der Waals surface area contributed by atoms with Crippen LogP contribution in [0.25, 0.3) is 0 Å². The van der Waals surface area contributed by atoms with Gasteiger partial charge in [0.25, 0.3) is 0 Å². The van der Waals surface area contributed by atoms with Gasteiger partial charge >= 0.3 is 5.97 Å². The van der Waals surface area contributed by atoms with E-state index in [0.717, 1.165) is 36.2 Å². The Morgan fingerprint density at radius 2 is 1.42 bits per heavy atom. The summed E-state index contributed by atoms with van der Waals surface area (Å²) >= 11 is 0. The average Bonchev–Trinajstić information content (AvgIpc) is 2.91. The van der Waals surface area contributed by atoms with Crippen LogP contribution in [-0.2, 0) is 22.5 Å². The van der Waals surface area contributed by atoms with Crippen LogP contribution < -0.4 is 4.74 Å². The quantitative estimate of drug-likeness (QED) is 0.0752. The highest BCUT2D eigenvalue weighted by Crippen LogP contribution is 2.24. The number of hydrogen-bond acceptors (Lipinski definition) is 3. The molecule has 4 nitrogen and oxygen atoms in total. The van der Waals surface area contributed by atoms with Crippen LogP contribution in [-0.4, -0.2) is 37.4 Å². The zero-order chi connectivity index (χ0) is 27.6. The normalized spacial score (nSPS) is 13.2. The fourth-order valence-corrected chi connectivity index (χ4v) is 4.85. The lowest BCUT2D eigenvalue weighted by Crippen LogP contribution is -2.41. The van der Waals surface area contributed by atoms with Crippen LogP contribution in [0.1, 0.15) is 103 Å². The molecule has 0 fully saturated rings. The first-order chi connectivity index (χ1) is 18.3. The van der Waals surface area contributed by atoms with Crippen LogP contribution in [0.15, 0.2) is 54.6 Å². The summed E-state index contributed by atoms with van der Waals surface area (Å²) in [7, 11) is 4.43. The molecule has 2 aromatic carbocycles. The van der Waals surface area contributed by atoms with Gasteiger partial charge in [-0.1, -0.05) is 121 Å². The smallest absolute Gasteiger partial charge is 0.311 e. The molecule has 0 heterocycles. The van der Waals surface area contributed by atoms with E-state index in [1.165, 1.54) is 68.9 Å². The lowest BCUT2D eigenvalue weighted by Gasteiger charge is -2.31. The van der Waals surface area contributed by atoms with Gasteiger partial charge in [0.05, 0.1) is 26.6 Å². The fraction of sp³-hybridized carbons (Fsp3) is 0.618. The number of unbranched alkanes of at least 4 members (excludes halogenated alkanes) is 8. The predicted molar refractivity (Wildman–Crippen MR) is 159 cm³/mol. The summed E-state index contributed by atoms with van der Waals surface area (Å²) in [6, 6.07) is 18.7. The number of para-hydroxylation sites is 1. The molecule has 0 aliphatic carbocycles. The Kier molecular flexibility index (Phi) is 15.1. The SMILES string of the molecule is CCCCCCCCCCCc1ccccc1OC(CC)OC(=O)C(C)CC[N+](C)(C)Cc1ccccc1. The minimum absolute atomic E-state index is 0.168. The molecule has 0 saturated heterocycles. The Morgan fingerprint density at radius 1 is 0.816 bits per heavy atom. The molecule has 0 radical (unpaired) electrons. The van der Waals surface area contributed by atoms with Gasteiger partial charge in [-0.05, 0) is 24.5 Å². The Labute approximate surface area is 233 Å². The summed E-state index contributed by atoms with van der Waals surface area (Å²) in [5, 5.41) is 0. The third-order valence-electron chi connectivity index (χ3n) is 7.38. The van der Waals surface area contributed by atoms with Crippen LogP contribution in [0.3, 0.4) is 0 Å². The topological polar surface area (TPSA) is 35.5 Å². The molecule has 0 amide bonds. The van der Waals surface area contributed by atoms with E-state index >= 15 is 0 Å². The van der Waals surface area contributed by atoms with Gasteiger partial charge in [0.2, 0.25) is 6.29 Å². The van der Waals surface area contributed by atoms with Gasteiger partial charge in [0.15, 0.2) is 0 Å². The van der Waals surface area contributed by atoms with E-state index in [-0.39, 0.29) is 11.9 Å². The molecule has 2 atom stereocenters. The maximum Gasteiger partial charge on any atom is 0.311 e. The molecular formula is C34H54NO3+. The van der Waals surface area contributed by atoms with Crippen molar-refractivity contribution in [2.75, 3.05) is 20.6 Å². The number of esters is 1. The van der Waals surface area contributed by atoms with Crippen LogP contribution in [0.2, 0.25) is 0 Å². The van der Waals surface area contributed by atoms with E-state index in [2.05, 4.69) is 57.4 Å². The second-order valence-electron chi connectivity index (χ2n) is 11.6. The summed E-state index contributed by atoms with van der Waals surface area (Å²) < 4.78 is 12.9. The third kappa shape index (κ3) is 13.0. The Hall–Kier alpha value is -2.33. The first kappa shape index (κ1) is 31.9. The second-order valence-corrected chi connectivity index (χ2v) is 11.6. The molecule has 0 N–H and O–H groups in total. The number of nitrogens with zero attached hydrogens (tertiary/aromatic N) is 1. The molecule has 0 aromatic heterocycles. The summed E-state index contributed by atoms with van der Waals surface area (Å²) in [6.07, 6.45) is 13.7. The molecule has 0 spiro atoms. The minimum atomic E-state index is -0.555. The van der Waals surface area contributed by atoms with E-state index in [0.29, 0.717) is 6.42 Å². The zero-order valence-corrected chi connectivity index (χ0v) is 24.9. The number of quaternary nitrogens is 1. The standard InChI is InChI=1S/C34H54NO3/c1-6-8-9-10-11-12-13-14-18-23-31-24-19-20-25-32(31)37-33(7-2)38-34(36)29(3)26-27-35(4,5)28-30-21-16-15-17-22-30/h15-17,19-22,24-25,29,33H,6-14,18,23,26-28H2,1-5H3/q+1. The van der Waals surface area contributed by atoms with E-state index in [9.17, 15) is 4.79 Å². The van der Waals surface area contributed by atoms with Gasteiger partial charge in [-0.2, -0.15) is 0 Å². The first-order valence-electron chi connectivity index (χ1n) is 15.2. The number of hydrogen-bond donors (Lipinski definition) is 0. The van der Waals surface area contributed by atoms with Crippen LogP contribution in [0.4, 0.5) is 0 Å². The molecule has 38 heavy (non-hydrogen) atoms. The van der Waals surface area contributed by atoms with Gasteiger partial charge in [-0.25, -0.2) is 0 Å². The Morgan fingerprint density at radius 3 is 2.08 bits per heavy atom. The van der Waals surface area contributed by atoms with E-state index in [1.54, 1.807) is 0 Å². The maximum absolute atomic E-state index is 12.9. The van der Waals surface area contributed by atoms with E-state index in [4.69, 9.17) is 9.47 Å². The van der Waals surface area contributed by atoms with Gasteiger partial charge in [0, 0.05) is 18.4 Å². The molecule has 2 unspecified atom stereocenters. The van der Waals surface area contributed by atoms with Crippen molar-refractivity contribution >= 4 is 5.97 Å². The van der Waals surface area contributed by atoms with Crippen molar-refractivity contribution in [2.45, 2.75) is 111 Å². The summed E-state index contributed by atoms with van der Waals surface area (Å²) in [4.78, 5) is 12.9. The molecule has 2 aromatic rings. The minimum Gasteiger partial charge on any atom is -0.455 e. The summed E-state index contributed by atoms with van der Waals surface area (Å²) in [5.41, 5.74) is 2.52. The molecule has 0 saturated carbocycles. The summed E-state index contributed by atoms with van der Waals surface area (Å²) in [5.74, 6) is 0.506. The van der Waals surface area contributed by atoms with Crippen LogP contribution in [0, 0.1) is 5.92 Å². The van der Waals surface area contributed by atoms with E-state index in [1.807, 2.05) is 32.0 Å². The lowest BCUT2D eigenvalue weighted by atomic mass is 10.0. The third-order valence-corrected chi connectivity index (χ3v) is 7.38. The fourth-order valence-electron chi connectivity index (χ4n) is 4.85. The van der Waals surface area contributed by atoms with Gasteiger partial charge in [-0.3, -0.25) is 4.79 Å². The Bertz CT molecular complexity index is 896. The number of aryl methyl sites for hydroxylation is 1. The molecule has 212 valence electrons. The van der Waals surface area contributed by atoms with Gasteiger partial charge < -0.3 is 14.0 Å². The van der Waals surface area contributed by atoms with Crippen molar-refractivity contribution in [1.29, 1.82) is 0 Å². The van der Waals surface area contributed by atoms with E-state index < -0.39 is 6.29 Å². The van der Waals surface area contributed by atoms with Gasteiger partial charge in [-0.15, -0.1) is 0 Å². The van der Waals surface area contributed by atoms with Crippen molar-refractivity contribution in [3.63, 3.8) is 0 Å². The highest BCUT2D eigenvalue weighted by atomic mass is 16.7. The van der Waals surface area contributed by atoms with Gasteiger partial charge in [0.1, 0.15) is 12.3 Å². The molecule has 0 aliphatic rings. The summed E-state index contributed by atoms with van der Waals surface area (Å²) in [6.45, 7) is 8.09. The number of ether oxygens (including phenoxy) is 2. The van der Waals surface area contributed by atoms with Crippen molar-refractivity contribution < 1.29 is 18.8 Å². The second kappa shape index (κ2) is 18.0. The van der Waals surface area contributed by atoms with Crippen LogP contribution >= 0.6 is 0 Å². The first-order valence-corrected chi connectivity index (χ1v) is 15.2. The molecule has 4 heteroatoms. The zero-order valence-electron chi connectivity index (χ0n) is 24.9. The van der Waals surface area contributed by atoms with Crippen molar-refractivity contribution in [2.24, 2.45) is 5.92 Å². The molecule has 2 rings (SSSR count).